The van der Waals surface area contributed by atoms with Crippen LogP contribution in [-0.2, 0) is 19.9 Å². The fourth-order valence-corrected chi connectivity index (χ4v) is 6.53. The van der Waals surface area contributed by atoms with Gasteiger partial charge in [0.2, 0.25) is 0 Å². The third kappa shape index (κ3) is 6.38. The summed E-state index contributed by atoms with van der Waals surface area (Å²) in [4.78, 5) is 0. The van der Waals surface area contributed by atoms with Crippen LogP contribution in [-0.4, -0.2) is 25.9 Å². The molecular formula is C26H48NO4P. The summed E-state index contributed by atoms with van der Waals surface area (Å²) >= 11 is 0. The fraction of sp³-hybridized carbons (Fsp3) is 0.769. The molecule has 1 aromatic carbocycles. The molecule has 0 saturated heterocycles. The second kappa shape index (κ2) is 9.06. The van der Waals surface area contributed by atoms with Gasteiger partial charge in [-0.3, -0.25) is 0 Å². The van der Waals surface area contributed by atoms with Crippen LogP contribution in [0.1, 0.15) is 99.6 Å². The Morgan fingerprint density at radius 2 is 1.53 bits per heavy atom. The average molecular weight is 470 g/mol. The van der Waals surface area contributed by atoms with Crippen molar-refractivity contribution in [3.05, 3.63) is 23.3 Å². The predicted molar refractivity (Wildman–Crippen MR) is 137 cm³/mol. The molecule has 0 bridgehead atoms. The first kappa shape index (κ1) is 27.4. The average Bonchev–Trinajstić information content (AvgIpc) is 2.91. The Morgan fingerprint density at radius 1 is 0.906 bits per heavy atom. The summed E-state index contributed by atoms with van der Waals surface area (Å²) in [5.41, 5.74) is 7.76. The maximum atomic E-state index is 6.72. The fourth-order valence-electron chi connectivity index (χ4n) is 3.52. The molecule has 0 spiro atoms. The summed E-state index contributed by atoms with van der Waals surface area (Å²) in [5.74, 6) is 1.49. The summed E-state index contributed by atoms with van der Waals surface area (Å²) in [6.45, 7) is 24.9. The maximum absolute atomic E-state index is 6.72. The molecule has 1 atom stereocenters. The number of benzene rings is 1. The van der Waals surface area contributed by atoms with Crippen LogP contribution in [0.5, 0.6) is 11.5 Å². The standard InChI is InChI=1S/C26H48NO4P/c1-19(24(2,3)4)29-32(11,28-16-14-12-13-15-27)30-22-18-20(25(5,6)7)17-21(23(22)31-32)26(8,9)10/h17-19H,12-16,27H2,1-11H3. The van der Waals surface area contributed by atoms with E-state index in [1.54, 1.807) is 0 Å². The minimum atomic E-state index is -3.90. The van der Waals surface area contributed by atoms with Crippen LogP contribution in [0.25, 0.3) is 0 Å². The predicted octanol–water partition coefficient (Wildman–Crippen LogP) is 7.49. The summed E-state index contributed by atoms with van der Waals surface area (Å²) < 4.78 is 26.5. The van der Waals surface area contributed by atoms with Crippen LogP contribution in [0, 0.1) is 5.41 Å². The zero-order valence-corrected chi connectivity index (χ0v) is 23.3. The Hall–Kier alpha value is -0.870. The van der Waals surface area contributed by atoms with Gasteiger partial charge >= 0.3 is 197 Å². The van der Waals surface area contributed by atoms with Gasteiger partial charge in [-0.2, -0.15) is 0 Å². The molecule has 1 aliphatic heterocycles. The first-order chi connectivity index (χ1) is 14.4. The quantitative estimate of drug-likeness (QED) is 0.316. The van der Waals surface area contributed by atoms with Crippen molar-refractivity contribution in [2.45, 2.75) is 105 Å². The number of fused-ring (bicyclic) bond motifs is 1. The Morgan fingerprint density at radius 3 is 2.03 bits per heavy atom. The van der Waals surface area contributed by atoms with Gasteiger partial charge in [-0.1, -0.05) is 0 Å². The van der Waals surface area contributed by atoms with Crippen molar-refractivity contribution in [1.82, 2.24) is 0 Å². The molecule has 1 aliphatic rings. The van der Waals surface area contributed by atoms with E-state index in [1.165, 1.54) is 5.56 Å². The molecule has 1 unspecified atom stereocenters. The van der Waals surface area contributed by atoms with Gasteiger partial charge in [0.05, 0.1) is 0 Å². The molecule has 186 valence electrons. The van der Waals surface area contributed by atoms with Crippen LogP contribution in [0.2, 0.25) is 0 Å². The van der Waals surface area contributed by atoms with Gasteiger partial charge in [-0.25, -0.2) is 0 Å². The monoisotopic (exact) mass is 469 g/mol. The van der Waals surface area contributed by atoms with E-state index in [0.717, 1.165) is 36.3 Å². The second-order valence-corrected chi connectivity index (χ2v) is 15.7. The van der Waals surface area contributed by atoms with Gasteiger partial charge in [0, 0.05) is 0 Å². The molecule has 0 aromatic heterocycles. The molecule has 1 heterocycles. The van der Waals surface area contributed by atoms with Crippen LogP contribution in [0.3, 0.4) is 0 Å². The van der Waals surface area contributed by atoms with Crippen molar-refractivity contribution in [2.24, 2.45) is 11.1 Å². The van der Waals surface area contributed by atoms with Crippen molar-refractivity contribution in [1.29, 1.82) is 0 Å². The zero-order chi connectivity index (χ0) is 24.6. The van der Waals surface area contributed by atoms with Crippen LogP contribution in [0.4, 0.5) is 0 Å². The first-order valence-electron chi connectivity index (χ1n) is 12.0. The van der Waals surface area contributed by atoms with Crippen LogP contribution >= 0.6 is 7.51 Å². The first-order valence-corrected chi connectivity index (χ1v) is 14.4. The molecule has 1 aromatic rings. The van der Waals surface area contributed by atoms with Gasteiger partial charge in [-0.15, -0.1) is 0 Å². The molecule has 0 fully saturated rings. The van der Waals surface area contributed by atoms with Gasteiger partial charge in [0.25, 0.3) is 0 Å². The molecule has 6 heteroatoms. The minimum absolute atomic E-state index is 0.0200. The third-order valence-corrected chi connectivity index (χ3v) is 8.90. The molecular weight excluding hydrogens is 421 g/mol. The van der Waals surface area contributed by atoms with Crippen LogP contribution < -0.4 is 14.8 Å². The van der Waals surface area contributed by atoms with E-state index in [9.17, 15) is 0 Å². The number of rotatable bonds is 8. The van der Waals surface area contributed by atoms with Crippen molar-refractivity contribution in [2.75, 3.05) is 19.8 Å². The van der Waals surface area contributed by atoms with Gasteiger partial charge < -0.3 is 0 Å². The molecule has 0 amide bonds. The molecule has 2 N–H and O–H groups in total. The Labute approximate surface area is 197 Å². The van der Waals surface area contributed by atoms with Crippen molar-refractivity contribution >= 4 is 7.51 Å². The molecule has 32 heavy (non-hydrogen) atoms. The van der Waals surface area contributed by atoms with E-state index < -0.39 is 7.51 Å². The Balaban J connectivity index is 2.53. The van der Waals surface area contributed by atoms with E-state index in [1.807, 2.05) is 6.66 Å². The molecule has 5 nitrogen and oxygen atoms in total. The number of unbranched alkanes of at least 4 members (excludes halogenated alkanes) is 2. The number of nitrogens with two attached hydrogens (primary N) is 1. The van der Waals surface area contributed by atoms with E-state index in [0.29, 0.717) is 13.2 Å². The van der Waals surface area contributed by atoms with E-state index in [-0.39, 0.29) is 22.3 Å². The van der Waals surface area contributed by atoms with Crippen molar-refractivity contribution in [3.8, 4) is 11.5 Å². The van der Waals surface area contributed by atoms with E-state index in [4.69, 9.17) is 23.8 Å². The van der Waals surface area contributed by atoms with Crippen molar-refractivity contribution in [3.63, 3.8) is 0 Å². The van der Waals surface area contributed by atoms with Gasteiger partial charge in [0.1, 0.15) is 0 Å². The Bertz CT molecular complexity index is 806. The molecule has 0 radical (unpaired) electrons. The SMILES string of the molecule is CC(OP1(C)(OCCCCCN)Oc2cc(C(C)(C)C)cc(C(C)(C)C)c2O1)C(C)(C)C. The zero-order valence-electron chi connectivity index (χ0n) is 22.4. The summed E-state index contributed by atoms with van der Waals surface area (Å²) in [7, 11) is -3.90. The summed E-state index contributed by atoms with van der Waals surface area (Å²) in [6, 6.07) is 4.36. The second-order valence-electron chi connectivity index (χ2n) is 12.5. The van der Waals surface area contributed by atoms with E-state index >= 15 is 0 Å². The summed E-state index contributed by atoms with van der Waals surface area (Å²) in [6.07, 6.45) is 2.75. The normalized spacial score (nSPS) is 19.9. The summed E-state index contributed by atoms with van der Waals surface area (Å²) in [5, 5.41) is 0. The molecule has 2 rings (SSSR count). The van der Waals surface area contributed by atoms with Crippen molar-refractivity contribution < 1.29 is 18.1 Å². The molecule has 0 saturated carbocycles. The third-order valence-electron chi connectivity index (χ3n) is 6.16. The molecule has 0 aliphatic carbocycles. The van der Waals surface area contributed by atoms with Gasteiger partial charge in [-0.05, 0) is 0 Å². The number of hydrogen-bond donors (Lipinski definition) is 1. The van der Waals surface area contributed by atoms with Gasteiger partial charge in [0.15, 0.2) is 0 Å². The Kier molecular flexibility index (Phi) is 7.75. The van der Waals surface area contributed by atoms with Crippen LogP contribution in [0.15, 0.2) is 12.1 Å². The van der Waals surface area contributed by atoms with E-state index in [2.05, 4.69) is 81.4 Å². The number of hydrogen-bond acceptors (Lipinski definition) is 5. The topological polar surface area (TPSA) is 62.9 Å².